The van der Waals surface area contributed by atoms with Crippen molar-refractivity contribution in [3.63, 3.8) is 0 Å². The van der Waals surface area contributed by atoms with Gasteiger partial charge >= 0.3 is 0 Å². The molecule has 1 unspecified atom stereocenters. The predicted molar refractivity (Wildman–Crippen MR) is 80.8 cm³/mol. The number of aromatic nitrogens is 3. The highest BCUT2D eigenvalue weighted by Crippen LogP contribution is 2.33. The molecular formula is C15H15FN4S. The van der Waals surface area contributed by atoms with Gasteiger partial charge in [-0.2, -0.15) is 0 Å². The average molecular weight is 302 g/mol. The van der Waals surface area contributed by atoms with Crippen molar-refractivity contribution in [1.29, 1.82) is 0 Å². The van der Waals surface area contributed by atoms with E-state index in [-0.39, 0.29) is 11.9 Å². The molecule has 0 aliphatic carbocycles. The van der Waals surface area contributed by atoms with Crippen molar-refractivity contribution >= 4 is 17.4 Å². The first-order valence-electron chi connectivity index (χ1n) is 6.59. The quantitative estimate of drug-likeness (QED) is 0.806. The minimum Gasteiger partial charge on any atom is -0.324 e. The number of nitrogens with zero attached hydrogens (tertiary/aromatic N) is 3. The van der Waals surface area contributed by atoms with Crippen LogP contribution in [-0.4, -0.2) is 14.6 Å². The Hall–Kier alpha value is -1.92. The van der Waals surface area contributed by atoms with Crippen LogP contribution in [0.1, 0.15) is 24.1 Å². The predicted octanol–water partition coefficient (Wildman–Crippen LogP) is 3.35. The summed E-state index contributed by atoms with van der Waals surface area (Å²) < 4.78 is 15.7. The number of nitrogens with two attached hydrogens (primary N) is 1. The van der Waals surface area contributed by atoms with Gasteiger partial charge in [0, 0.05) is 17.1 Å². The normalized spacial score (nSPS) is 12.8. The Balaban J connectivity index is 2.07. The van der Waals surface area contributed by atoms with Gasteiger partial charge in [0.15, 0.2) is 10.8 Å². The Morgan fingerprint density at radius 3 is 2.86 bits per heavy atom. The number of aryl methyl sites for hydroxylation is 1. The monoisotopic (exact) mass is 302 g/mol. The van der Waals surface area contributed by atoms with E-state index in [2.05, 4.69) is 10.2 Å². The first-order valence-corrected chi connectivity index (χ1v) is 7.41. The smallest absolute Gasteiger partial charge is 0.200 e. The second kappa shape index (κ2) is 5.46. The van der Waals surface area contributed by atoms with Gasteiger partial charge in [0.1, 0.15) is 5.82 Å². The molecule has 0 spiro atoms. The topological polar surface area (TPSA) is 56.2 Å². The summed E-state index contributed by atoms with van der Waals surface area (Å²) >= 11 is 1.44. The van der Waals surface area contributed by atoms with Crippen LogP contribution in [0.3, 0.4) is 0 Å². The molecule has 21 heavy (non-hydrogen) atoms. The van der Waals surface area contributed by atoms with Crippen molar-refractivity contribution in [2.75, 3.05) is 0 Å². The molecule has 0 amide bonds. The lowest BCUT2D eigenvalue weighted by atomic mass is 10.1. The zero-order chi connectivity index (χ0) is 15.0. The van der Waals surface area contributed by atoms with Crippen molar-refractivity contribution in [1.82, 2.24) is 14.6 Å². The second-order valence-electron chi connectivity index (χ2n) is 4.94. The van der Waals surface area contributed by atoms with Crippen LogP contribution in [-0.2, 0) is 0 Å². The Bertz CT molecular complexity index is 797. The number of halogens is 1. The first kappa shape index (κ1) is 14.0. The van der Waals surface area contributed by atoms with Gasteiger partial charge in [0.05, 0.1) is 0 Å². The van der Waals surface area contributed by atoms with Gasteiger partial charge in [-0.1, -0.05) is 6.07 Å². The second-order valence-corrected chi connectivity index (χ2v) is 5.95. The Kier molecular flexibility index (Phi) is 3.65. The van der Waals surface area contributed by atoms with E-state index in [1.807, 2.05) is 41.8 Å². The summed E-state index contributed by atoms with van der Waals surface area (Å²) in [5.74, 6) is -0.238. The van der Waals surface area contributed by atoms with Gasteiger partial charge in [0.2, 0.25) is 0 Å². The molecule has 0 saturated carbocycles. The van der Waals surface area contributed by atoms with Crippen molar-refractivity contribution in [3.8, 4) is 0 Å². The van der Waals surface area contributed by atoms with E-state index >= 15 is 0 Å². The molecule has 3 aromatic rings. The third kappa shape index (κ3) is 2.64. The minimum atomic E-state index is -0.248. The van der Waals surface area contributed by atoms with E-state index in [0.29, 0.717) is 5.56 Å². The molecule has 2 aromatic heterocycles. The molecule has 4 nitrogen and oxygen atoms in total. The number of benzene rings is 1. The van der Waals surface area contributed by atoms with Crippen molar-refractivity contribution < 1.29 is 4.39 Å². The molecule has 0 fully saturated rings. The Labute approximate surface area is 126 Å². The molecule has 0 bridgehead atoms. The minimum absolute atomic E-state index is 0.238. The van der Waals surface area contributed by atoms with E-state index < -0.39 is 0 Å². The van der Waals surface area contributed by atoms with Gasteiger partial charge in [-0.3, -0.25) is 4.40 Å². The fourth-order valence-electron chi connectivity index (χ4n) is 2.10. The zero-order valence-corrected chi connectivity index (χ0v) is 12.6. The summed E-state index contributed by atoms with van der Waals surface area (Å²) in [4.78, 5) is 0.905. The largest absolute Gasteiger partial charge is 0.324 e. The van der Waals surface area contributed by atoms with E-state index in [1.165, 1.54) is 17.8 Å². The molecule has 3 rings (SSSR count). The lowest BCUT2D eigenvalue weighted by Gasteiger charge is -2.13. The number of pyridine rings is 1. The van der Waals surface area contributed by atoms with Gasteiger partial charge in [-0.05, 0) is 61.0 Å². The summed E-state index contributed by atoms with van der Waals surface area (Å²) in [5, 5.41) is 9.04. The lowest BCUT2D eigenvalue weighted by Crippen LogP contribution is -2.07. The maximum atomic E-state index is 13.8. The Morgan fingerprint density at radius 2 is 2.10 bits per heavy atom. The fourth-order valence-corrected chi connectivity index (χ4v) is 3.23. The molecule has 0 aliphatic heterocycles. The average Bonchev–Trinajstić information content (AvgIpc) is 2.86. The molecule has 2 N–H and O–H groups in total. The van der Waals surface area contributed by atoms with Crippen LogP contribution in [0.2, 0.25) is 0 Å². The van der Waals surface area contributed by atoms with Crippen LogP contribution in [0.25, 0.3) is 5.65 Å². The highest BCUT2D eigenvalue weighted by Gasteiger charge is 2.15. The van der Waals surface area contributed by atoms with Gasteiger partial charge in [-0.25, -0.2) is 4.39 Å². The van der Waals surface area contributed by atoms with Crippen LogP contribution >= 0.6 is 11.8 Å². The summed E-state index contributed by atoms with van der Waals surface area (Å²) in [6, 6.07) is 8.78. The van der Waals surface area contributed by atoms with Crippen molar-refractivity contribution in [3.05, 3.63) is 53.5 Å². The molecular weight excluding hydrogens is 287 g/mol. The molecule has 0 aliphatic rings. The first-order chi connectivity index (χ1) is 10.1. The zero-order valence-electron chi connectivity index (χ0n) is 11.7. The van der Waals surface area contributed by atoms with Crippen LogP contribution in [0.4, 0.5) is 4.39 Å². The highest BCUT2D eigenvalue weighted by atomic mass is 32.2. The van der Waals surface area contributed by atoms with Gasteiger partial charge in [0.25, 0.3) is 0 Å². The molecule has 108 valence electrons. The van der Waals surface area contributed by atoms with E-state index in [4.69, 9.17) is 5.73 Å². The van der Waals surface area contributed by atoms with Crippen LogP contribution < -0.4 is 5.73 Å². The summed E-state index contributed by atoms with van der Waals surface area (Å²) in [7, 11) is 0. The third-order valence-corrected chi connectivity index (χ3v) is 4.30. The van der Waals surface area contributed by atoms with E-state index in [9.17, 15) is 4.39 Å². The van der Waals surface area contributed by atoms with Crippen LogP contribution in [0.15, 0.2) is 46.6 Å². The van der Waals surface area contributed by atoms with Gasteiger partial charge < -0.3 is 5.73 Å². The summed E-state index contributed by atoms with van der Waals surface area (Å²) in [5.41, 5.74) is 8.10. The number of hydrogen-bond acceptors (Lipinski definition) is 4. The molecule has 0 radical (unpaired) electrons. The Morgan fingerprint density at radius 1 is 1.29 bits per heavy atom. The van der Waals surface area contributed by atoms with Crippen LogP contribution in [0.5, 0.6) is 0 Å². The molecule has 1 atom stereocenters. The molecule has 2 heterocycles. The van der Waals surface area contributed by atoms with Gasteiger partial charge in [-0.15, -0.1) is 10.2 Å². The maximum Gasteiger partial charge on any atom is 0.200 e. The van der Waals surface area contributed by atoms with Crippen LogP contribution in [0, 0.1) is 12.7 Å². The third-order valence-electron chi connectivity index (χ3n) is 3.27. The molecule has 6 heteroatoms. The number of rotatable bonds is 3. The SMILES string of the molecule is Cc1cc(Sc2nnc3ccccn23)c(C(C)N)cc1F. The number of hydrogen-bond donors (Lipinski definition) is 1. The molecule has 0 saturated heterocycles. The highest BCUT2D eigenvalue weighted by molar-refractivity contribution is 7.99. The van der Waals surface area contributed by atoms with Crippen molar-refractivity contribution in [2.24, 2.45) is 5.73 Å². The lowest BCUT2D eigenvalue weighted by molar-refractivity contribution is 0.610. The van der Waals surface area contributed by atoms with E-state index in [1.54, 1.807) is 6.92 Å². The standard InChI is InChI=1S/C15H15FN4S/c1-9-7-13(11(10(2)17)8-12(9)16)21-15-19-18-14-5-3-4-6-20(14)15/h3-8,10H,17H2,1-2H3. The summed E-state index contributed by atoms with van der Waals surface area (Å²) in [6.45, 7) is 3.59. The summed E-state index contributed by atoms with van der Waals surface area (Å²) in [6.07, 6.45) is 1.90. The fraction of sp³-hybridized carbons (Fsp3) is 0.200. The van der Waals surface area contributed by atoms with Crippen molar-refractivity contribution in [2.45, 2.75) is 29.9 Å². The molecule has 1 aromatic carbocycles. The maximum absolute atomic E-state index is 13.8. The number of fused-ring (bicyclic) bond motifs is 1. The van der Waals surface area contributed by atoms with E-state index in [0.717, 1.165) is 21.3 Å².